The van der Waals surface area contributed by atoms with Gasteiger partial charge in [-0.25, -0.2) is 0 Å². The van der Waals surface area contributed by atoms with Gasteiger partial charge < -0.3 is 5.73 Å². The molecule has 1 aromatic heterocycles. The second-order valence-corrected chi connectivity index (χ2v) is 7.41. The van der Waals surface area contributed by atoms with Crippen LogP contribution in [-0.2, 0) is 6.42 Å². The fourth-order valence-electron chi connectivity index (χ4n) is 3.61. The second-order valence-electron chi connectivity index (χ2n) is 6.37. The largest absolute Gasteiger partial charge is 0.329 e. The third-order valence-corrected chi connectivity index (χ3v) is 5.83. The summed E-state index contributed by atoms with van der Waals surface area (Å²) in [6.45, 7) is 5.51. The van der Waals surface area contributed by atoms with Crippen molar-refractivity contribution in [2.75, 3.05) is 13.6 Å². The maximum atomic E-state index is 6.17. The van der Waals surface area contributed by atoms with Crippen molar-refractivity contribution in [1.29, 1.82) is 0 Å². The SMILES string of the molecule is CC1CCCC(CN)(N(C)C(C)Cc2cccs2)C1. The first-order valence-corrected chi connectivity index (χ1v) is 8.41. The van der Waals surface area contributed by atoms with E-state index in [2.05, 4.69) is 43.3 Å². The predicted molar refractivity (Wildman–Crippen MR) is 84.7 cm³/mol. The lowest BCUT2D eigenvalue weighted by atomic mass is 9.75. The minimum Gasteiger partial charge on any atom is -0.329 e. The molecule has 1 saturated carbocycles. The van der Waals surface area contributed by atoms with Crippen molar-refractivity contribution in [3.05, 3.63) is 22.4 Å². The van der Waals surface area contributed by atoms with Crippen LogP contribution in [0.2, 0.25) is 0 Å². The van der Waals surface area contributed by atoms with Crippen LogP contribution in [0.1, 0.15) is 44.4 Å². The molecule has 0 aliphatic heterocycles. The third-order valence-electron chi connectivity index (χ3n) is 4.93. The summed E-state index contributed by atoms with van der Waals surface area (Å²) >= 11 is 1.86. The van der Waals surface area contributed by atoms with E-state index >= 15 is 0 Å². The average molecular weight is 280 g/mol. The first-order valence-electron chi connectivity index (χ1n) is 7.53. The molecule has 0 amide bonds. The van der Waals surface area contributed by atoms with Crippen LogP contribution < -0.4 is 5.73 Å². The summed E-state index contributed by atoms with van der Waals surface area (Å²) in [6, 6.07) is 4.95. The first-order chi connectivity index (χ1) is 9.07. The molecule has 1 heterocycles. The molecule has 0 saturated heterocycles. The Bertz CT molecular complexity index is 376. The van der Waals surface area contributed by atoms with Gasteiger partial charge in [0.25, 0.3) is 0 Å². The Morgan fingerprint density at radius 2 is 2.37 bits per heavy atom. The van der Waals surface area contributed by atoms with Gasteiger partial charge in [-0.05, 0) is 50.6 Å². The molecule has 2 nitrogen and oxygen atoms in total. The van der Waals surface area contributed by atoms with Crippen LogP contribution >= 0.6 is 11.3 Å². The summed E-state index contributed by atoms with van der Waals surface area (Å²) in [5, 5.41) is 2.17. The molecule has 0 radical (unpaired) electrons. The van der Waals surface area contributed by atoms with Crippen molar-refractivity contribution in [3.8, 4) is 0 Å². The summed E-state index contributed by atoms with van der Waals surface area (Å²) in [5.41, 5.74) is 6.40. The van der Waals surface area contributed by atoms with Crippen LogP contribution in [0.5, 0.6) is 0 Å². The lowest BCUT2D eigenvalue weighted by Gasteiger charge is -2.48. The van der Waals surface area contributed by atoms with Gasteiger partial charge in [-0.1, -0.05) is 25.8 Å². The molecule has 1 fully saturated rings. The van der Waals surface area contributed by atoms with Crippen LogP contribution in [-0.4, -0.2) is 30.1 Å². The number of hydrogen-bond acceptors (Lipinski definition) is 3. The van der Waals surface area contributed by atoms with Gasteiger partial charge in [-0.3, -0.25) is 4.90 Å². The molecule has 0 aromatic carbocycles. The van der Waals surface area contributed by atoms with Crippen LogP contribution in [0, 0.1) is 5.92 Å². The van der Waals surface area contributed by atoms with E-state index in [9.17, 15) is 0 Å². The monoisotopic (exact) mass is 280 g/mol. The zero-order chi connectivity index (χ0) is 13.9. The summed E-state index contributed by atoms with van der Waals surface area (Å²) in [4.78, 5) is 4.05. The summed E-state index contributed by atoms with van der Waals surface area (Å²) in [5.74, 6) is 0.814. The molecule has 19 heavy (non-hydrogen) atoms. The lowest BCUT2D eigenvalue weighted by molar-refractivity contribution is 0.0329. The van der Waals surface area contributed by atoms with Crippen molar-refractivity contribution < 1.29 is 0 Å². The lowest BCUT2D eigenvalue weighted by Crippen LogP contribution is -2.57. The maximum absolute atomic E-state index is 6.17. The third kappa shape index (κ3) is 3.39. The van der Waals surface area contributed by atoms with Crippen LogP contribution in [0.15, 0.2) is 17.5 Å². The van der Waals surface area contributed by atoms with Crippen molar-refractivity contribution in [1.82, 2.24) is 4.90 Å². The quantitative estimate of drug-likeness (QED) is 0.894. The first kappa shape index (κ1) is 15.0. The summed E-state index contributed by atoms with van der Waals surface area (Å²) in [7, 11) is 2.28. The molecule has 2 rings (SSSR count). The maximum Gasteiger partial charge on any atom is 0.0334 e. The van der Waals surface area contributed by atoms with E-state index in [1.165, 1.54) is 30.6 Å². The minimum atomic E-state index is 0.230. The minimum absolute atomic E-state index is 0.230. The van der Waals surface area contributed by atoms with Crippen molar-refractivity contribution in [2.24, 2.45) is 11.7 Å². The molecule has 3 unspecified atom stereocenters. The Labute approximate surface area is 122 Å². The number of nitrogens with zero attached hydrogens (tertiary/aromatic N) is 1. The van der Waals surface area contributed by atoms with Crippen molar-refractivity contribution in [3.63, 3.8) is 0 Å². The molecule has 0 spiro atoms. The number of hydrogen-bond donors (Lipinski definition) is 1. The number of thiophene rings is 1. The topological polar surface area (TPSA) is 29.3 Å². The molecule has 108 valence electrons. The van der Waals surface area contributed by atoms with Crippen molar-refractivity contribution in [2.45, 2.75) is 57.5 Å². The number of nitrogens with two attached hydrogens (primary N) is 1. The Balaban J connectivity index is 2.04. The Morgan fingerprint density at radius 1 is 1.58 bits per heavy atom. The number of rotatable bonds is 5. The summed E-state index contributed by atoms with van der Waals surface area (Å²) in [6.07, 6.45) is 6.36. The highest BCUT2D eigenvalue weighted by atomic mass is 32.1. The van der Waals surface area contributed by atoms with E-state index in [0.29, 0.717) is 6.04 Å². The van der Waals surface area contributed by atoms with E-state index in [0.717, 1.165) is 18.9 Å². The van der Waals surface area contributed by atoms with E-state index in [4.69, 9.17) is 5.73 Å². The Morgan fingerprint density at radius 3 is 2.95 bits per heavy atom. The standard InChI is InChI=1S/C16H28N2S/c1-13-6-4-8-16(11-13,12-17)18(3)14(2)10-15-7-5-9-19-15/h5,7,9,13-14H,4,6,8,10-12,17H2,1-3H3. The van der Waals surface area contributed by atoms with Gasteiger partial charge in [0.15, 0.2) is 0 Å². The highest BCUT2D eigenvalue weighted by Gasteiger charge is 2.39. The Kier molecular flexibility index (Phi) is 5.04. The van der Waals surface area contributed by atoms with Crippen LogP contribution in [0.3, 0.4) is 0 Å². The van der Waals surface area contributed by atoms with E-state index < -0.39 is 0 Å². The number of likely N-dealkylation sites (N-methyl/N-ethyl adjacent to an activating group) is 1. The van der Waals surface area contributed by atoms with Gasteiger partial charge in [0, 0.05) is 23.0 Å². The molecular weight excluding hydrogens is 252 g/mol. The van der Waals surface area contributed by atoms with Gasteiger partial charge in [0.1, 0.15) is 0 Å². The Hall–Kier alpha value is -0.380. The van der Waals surface area contributed by atoms with Gasteiger partial charge in [0.2, 0.25) is 0 Å². The zero-order valence-corrected chi connectivity index (χ0v) is 13.4. The van der Waals surface area contributed by atoms with E-state index in [-0.39, 0.29) is 5.54 Å². The molecule has 0 bridgehead atoms. The van der Waals surface area contributed by atoms with Gasteiger partial charge >= 0.3 is 0 Å². The molecular formula is C16H28N2S. The molecule has 1 aliphatic carbocycles. The van der Waals surface area contributed by atoms with Gasteiger partial charge in [-0.2, -0.15) is 0 Å². The summed E-state index contributed by atoms with van der Waals surface area (Å²) < 4.78 is 0. The van der Waals surface area contributed by atoms with Crippen LogP contribution in [0.4, 0.5) is 0 Å². The molecule has 3 heteroatoms. The molecule has 2 N–H and O–H groups in total. The zero-order valence-electron chi connectivity index (χ0n) is 12.6. The van der Waals surface area contributed by atoms with Crippen molar-refractivity contribution >= 4 is 11.3 Å². The molecule has 1 aliphatic rings. The van der Waals surface area contributed by atoms with Gasteiger partial charge in [-0.15, -0.1) is 11.3 Å². The van der Waals surface area contributed by atoms with Crippen LogP contribution in [0.25, 0.3) is 0 Å². The average Bonchev–Trinajstić information content (AvgIpc) is 2.90. The highest BCUT2D eigenvalue weighted by molar-refractivity contribution is 7.09. The smallest absolute Gasteiger partial charge is 0.0334 e. The van der Waals surface area contributed by atoms with E-state index in [1.807, 2.05) is 11.3 Å². The molecule has 3 atom stereocenters. The normalized spacial score (nSPS) is 29.6. The predicted octanol–water partition coefficient (Wildman–Crippen LogP) is 3.52. The second kappa shape index (κ2) is 6.38. The fourth-order valence-corrected chi connectivity index (χ4v) is 4.43. The fraction of sp³-hybridized carbons (Fsp3) is 0.750. The molecule has 1 aromatic rings. The van der Waals surface area contributed by atoms with Gasteiger partial charge in [0.05, 0.1) is 0 Å². The van der Waals surface area contributed by atoms with E-state index in [1.54, 1.807) is 0 Å². The highest BCUT2D eigenvalue weighted by Crippen LogP contribution is 2.37.